The average Bonchev–Trinajstić information content (AvgIpc) is 2.87. The highest BCUT2D eigenvalue weighted by Crippen LogP contribution is 2.31. The van der Waals surface area contributed by atoms with Crippen LogP contribution in [0.5, 0.6) is 11.5 Å². The number of nitrogens with one attached hydrogen (secondary N) is 1. The molecule has 0 spiro atoms. The van der Waals surface area contributed by atoms with E-state index in [0.717, 1.165) is 23.9 Å². The van der Waals surface area contributed by atoms with Crippen molar-refractivity contribution < 1.29 is 27.4 Å². The van der Waals surface area contributed by atoms with Gasteiger partial charge in [-0.25, -0.2) is 13.2 Å². The molecule has 36 heavy (non-hydrogen) atoms. The lowest BCUT2D eigenvalue weighted by Crippen LogP contribution is -2.29. The summed E-state index contributed by atoms with van der Waals surface area (Å²) in [6.07, 6.45) is 0. The van der Waals surface area contributed by atoms with Crippen LogP contribution in [0.4, 0.5) is 24.5 Å². The first-order valence-corrected chi connectivity index (χ1v) is 11.9. The van der Waals surface area contributed by atoms with Gasteiger partial charge in [-0.15, -0.1) is 0 Å². The van der Waals surface area contributed by atoms with E-state index in [4.69, 9.17) is 21.1 Å². The van der Waals surface area contributed by atoms with Gasteiger partial charge in [0.1, 0.15) is 24.0 Å². The van der Waals surface area contributed by atoms with Gasteiger partial charge in [0.25, 0.3) is 0 Å². The zero-order chi connectivity index (χ0) is 26.2. The lowest BCUT2D eigenvalue weighted by Gasteiger charge is -2.18. The molecule has 1 amide bonds. The van der Waals surface area contributed by atoms with Crippen molar-refractivity contribution in [1.29, 1.82) is 0 Å². The molecule has 0 aliphatic rings. The summed E-state index contributed by atoms with van der Waals surface area (Å²) in [5, 5.41) is 3.01. The van der Waals surface area contributed by atoms with E-state index in [0.29, 0.717) is 22.9 Å². The Labute approximate surface area is 216 Å². The molecule has 0 atom stereocenters. The number of carbonyl (C=O) groups is 1. The van der Waals surface area contributed by atoms with Crippen LogP contribution in [0, 0.1) is 17.5 Å². The summed E-state index contributed by atoms with van der Waals surface area (Å²) < 4.78 is 52.2. The first-order chi connectivity index (χ1) is 17.2. The fourth-order valence-corrected chi connectivity index (χ4v) is 4.14. The highest BCUT2D eigenvalue weighted by molar-refractivity contribution is 8.13. The molecule has 0 saturated heterocycles. The van der Waals surface area contributed by atoms with E-state index in [9.17, 15) is 18.0 Å². The minimum Gasteiger partial charge on any atom is -0.493 e. The third-order valence-electron chi connectivity index (χ3n) is 5.07. The summed E-state index contributed by atoms with van der Waals surface area (Å²) in [4.78, 5) is 18.6. The van der Waals surface area contributed by atoms with E-state index in [1.807, 2.05) is 0 Å². The second-order valence-corrected chi connectivity index (χ2v) is 8.73. The summed E-state index contributed by atoms with van der Waals surface area (Å²) in [5.41, 5.74) is 0.805. The number of carbonyl (C=O) groups excluding carboxylic acids is 1. The van der Waals surface area contributed by atoms with Crippen LogP contribution in [0.2, 0.25) is 5.02 Å². The number of hydrogen-bond acceptors (Lipinski definition) is 5. The van der Waals surface area contributed by atoms with E-state index in [2.05, 4.69) is 10.3 Å². The number of nitrogens with zero attached hydrogens (tertiary/aromatic N) is 2. The van der Waals surface area contributed by atoms with Crippen molar-refractivity contribution in [2.75, 3.05) is 38.0 Å². The summed E-state index contributed by atoms with van der Waals surface area (Å²) in [6.45, 7) is -0.283. The summed E-state index contributed by atoms with van der Waals surface area (Å²) in [5.74, 6) is -1.49. The molecule has 0 aliphatic heterocycles. The van der Waals surface area contributed by atoms with Gasteiger partial charge < -0.3 is 19.7 Å². The Hall–Kier alpha value is -3.37. The smallest absolute Gasteiger partial charge is 0.248 e. The van der Waals surface area contributed by atoms with E-state index in [1.165, 1.54) is 43.4 Å². The predicted molar refractivity (Wildman–Crippen MR) is 138 cm³/mol. The van der Waals surface area contributed by atoms with Gasteiger partial charge in [0.05, 0.1) is 19.2 Å². The van der Waals surface area contributed by atoms with Crippen LogP contribution in [0.25, 0.3) is 0 Å². The molecule has 190 valence electrons. The summed E-state index contributed by atoms with van der Waals surface area (Å²) >= 11 is 6.84. The first kappa shape index (κ1) is 27.2. The number of benzene rings is 3. The van der Waals surface area contributed by atoms with Crippen LogP contribution in [-0.4, -0.2) is 38.9 Å². The summed E-state index contributed by atoms with van der Waals surface area (Å²) in [6, 6.07) is 12.5. The molecule has 0 radical (unpaired) electrons. The van der Waals surface area contributed by atoms with Gasteiger partial charge in [0.2, 0.25) is 5.91 Å². The molecule has 6 nitrogen and oxygen atoms in total. The van der Waals surface area contributed by atoms with Crippen molar-refractivity contribution >= 4 is 45.8 Å². The quantitative estimate of drug-likeness (QED) is 0.276. The van der Waals surface area contributed by atoms with Crippen LogP contribution in [0.3, 0.4) is 0 Å². The van der Waals surface area contributed by atoms with Gasteiger partial charge in [-0.2, -0.15) is 0 Å². The van der Waals surface area contributed by atoms with Crippen molar-refractivity contribution in [3.8, 4) is 11.5 Å². The van der Waals surface area contributed by atoms with Crippen LogP contribution < -0.4 is 19.7 Å². The molecule has 1 N–H and O–H groups in total. The maximum Gasteiger partial charge on any atom is 0.248 e. The van der Waals surface area contributed by atoms with Gasteiger partial charge in [0, 0.05) is 35.8 Å². The Bertz CT molecular complexity index is 1260. The van der Waals surface area contributed by atoms with Crippen LogP contribution in [0.1, 0.15) is 5.56 Å². The first-order valence-electron chi connectivity index (χ1n) is 10.5. The van der Waals surface area contributed by atoms with E-state index < -0.39 is 17.5 Å². The fraction of sp³-hybridized carbons (Fsp3) is 0.200. The number of thioether (sulfide) groups is 1. The number of rotatable bonds is 8. The van der Waals surface area contributed by atoms with E-state index in [-0.39, 0.29) is 34.0 Å². The Morgan fingerprint density at radius 1 is 1.00 bits per heavy atom. The second kappa shape index (κ2) is 12.5. The minimum absolute atomic E-state index is 0.0982. The molecule has 0 unspecified atom stereocenters. The van der Waals surface area contributed by atoms with Crippen LogP contribution in [0.15, 0.2) is 59.6 Å². The lowest BCUT2D eigenvalue weighted by atomic mass is 10.2. The van der Waals surface area contributed by atoms with Crippen molar-refractivity contribution in [2.24, 2.45) is 4.99 Å². The highest BCUT2D eigenvalue weighted by Gasteiger charge is 2.16. The van der Waals surface area contributed by atoms with Crippen LogP contribution in [-0.2, 0) is 10.5 Å². The normalized spacial score (nSPS) is 11.2. The third kappa shape index (κ3) is 6.86. The number of ether oxygens (including phenoxy) is 2. The van der Waals surface area contributed by atoms with E-state index in [1.54, 1.807) is 25.2 Å². The van der Waals surface area contributed by atoms with Gasteiger partial charge in [-0.05, 0) is 42.5 Å². The molecule has 11 heteroatoms. The number of aliphatic imine (C=N–C) groups is 1. The monoisotopic (exact) mass is 537 g/mol. The molecule has 0 fully saturated rings. The molecule has 3 aromatic carbocycles. The summed E-state index contributed by atoms with van der Waals surface area (Å²) in [7, 11) is 4.58. The Kier molecular flexibility index (Phi) is 9.49. The predicted octanol–water partition coefficient (Wildman–Crippen LogP) is 6.14. The topological polar surface area (TPSA) is 63.2 Å². The Morgan fingerprint density at radius 2 is 1.69 bits per heavy atom. The third-order valence-corrected chi connectivity index (χ3v) is 6.30. The zero-order valence-electron chi connectivity index (χ0n) is 19.6. The van der Waals surface area contributed by atoms with E-state index >= 15 is 0 Å². The van der Waals surface area contributed by atoms with Crippen molar-refractivity contribution in [1.82, 2.24) is 0 Å². The fourth-order valence-electron chi connectivity index (χ4n) is 3.05. The maximum atomic E-state index is 14.1. The zero-order valence-corrected chi connectivity index (χ0v) is 21.2. The van der Waals surface area contributed by atoms with Crippen molar-refractivity contribution in [2.45, 2.75) is 5.75 Å². The molecule has 3 rings (SSSR count). The standard InChI is InChI=1S/C25H23ClF3N3O3S/c1-32(16-8-10-22(34-2)23(12-16)35-3)24(33)13-30-25(31-15-7-9-21(29)18(26)11-15)36-14-17-19(27)5-4-6-20(17)28/h4-12H,13-14H2,1-3H3,(H,30,31). The number of amidine groups is 1. The molecular formula is C25H23ClF3N3O3S. The van der Waals surface area contributed by atoms with Gasteiger partial charge in [0.15, 0.2) is 16.7 Å². The molecule has 0 aliphatic carbocycles. The molecule has 0 saturated carbocycles. The van der Waals surface area contributed by atoms with Crippen LogP contribution >= 0.6 is 23.4 Å². The molecule has 0 aromatic heterocycles. The number of anilines is 2. The van der Waals surface area contributed by atoms with Crippen molar-refractivity contribution in [3.05, 3.63) is 82.6 Å². The van der Waals surface area contributed by atoms with Gasteiger partial charge in [-0.3, -0.25) is 9.79 Å². The molecular weight excluding hydrogens is 515 g/mol. The maximum absolute atomic E-state index is 14.1. The second-order valence-electron chi connectivity index (χ2n) is 7.36. The number of methoxy groups -OCH3 is 2. The number of hydrogen-bond donors (Lipinski definition) is 1. The lowest BCUT2D eigenvalue weighted by molar-refractivity contribution is -0.116. The SMILES string of the molecule is COc1ccc(N(C)C(=O)CN=C(Nc2ccc(F)c(Cl)c2)SCc2c(F)cccc2F)cc1OC. The van der Waals surface area contributed by atoms with Gasteiger partial charge in [-0.1, -0.05) is 29.4 Å². The minimum atomic E-state index is -0.698. The number of halogens is 4. The number of amides is 1. The molecule has 0 heterocycles. The Morgan fingerprint density at radius 3 is 2.33 bits per heavy atom. The Balaban J connectivity index is 1.80. The average molecular weight is 538 g/mol. The van der Waals surface area contributed by atoms with Crippen molar-refractivity contribution in [3.63, 3.8) is 0 Å². The van der Waals surface area contributed by atoms with Gasteiger partial charge >= 0.3 is 0 Å². The highest BCUT2D eigenvalue weighted by atomic mass is 35.5. The largest absolute Gasteiger partial charge is 0.493 e. The molecule has 3 aromatic rings. The molecule has 0 bridgehead atoms. The number of likely N-dealkylation sites (N-methyl/N-ethyl adjacent to an activating group) is 1.